The molecule has 1 aliphatic rings. The van der Waals surface area contributed by atoms with Crippen LogP contribution in [0.25, 0.3) is 0 Å². The first kappa shape index (κ1) is 12.7. The predicted molar refractivity (Wildman–Crippen MR) is 69.6 cm³/mol. The molecule has 0 amide bonds. The van der Waals surface area contributed by atoms with E-state index in [0.717, 1.165) is 50.1 Å². The first-order valence-corrected chi connectivity index (χ1v) is 6.92. The third kappa shape index (κ3) is 3.37. The molecular weight excluding hydrogens is 236 g/mol. The predicted octanol–water partition coefficient (Wildman–Crippen LogP) is 0.739. The van der Waals surface area contributed by atoms with Crippen LogP contribution in [-0.2, 0) is 0 Å². The highest BCUT2D eigenvalue weighted by molar-refractivity contribution is 7.09. The van der Waals surface area contributed by atoms with Crippen molar-refractivity contribution in [1.82, 2.24) is 14.3 Å². The largest absolute Gasteiger partial charge is 0.392 e. The standard InChI is InChI=1S/C11H20N4OS/c1-3-10(16)8-14-4-6-15(7-5-14)11-12-9(2)13-17-11/h10,16H,3-8H2,1-2H3. The minimum absolute atomic E-state index is 0.190. The maximum Gasteiger partial charge on any atom is 0.205 e. The van der Waals surface area contributed by atoms with Gasteiger partial charge in [0, 0.05) is 44.3 Å². The van der Waals surface area contributed by atoms with Gasteiger partial charge >= 0.3 is 0 Å². The van der Waals surface area contributed by atoms with Crippen molar-refractivity contribution in [2.45, 2.75) is 26.4 Å². The third-order valence-corrected chi connectivity index (χ3v) is 3.97. The van der Waals surface area contributed by atoms with Gasteiger partial charge in [0.25, 0.3) is 0 Å². The minimum Gasteiger partial charge on any atom is -0.392 e. The van der Waals surface area contributed by atoms with Gasteiger partial charge in [0.15, 0.2) is 0 Å². The number of nitrogens with zero attached hydrogens (tertiary/aromatic N) is 4. The van der Waals surface area contributed by atoms with Crippen LogP contribution in [0.15, 0.2) is 0 Å². The monoisotopic (exact) mass is 256 g/mol. The first-order chi connectivity index (χ1) is 8.19. The van der Waals surface area contributed by atoms with Gasteiger partial charge in [-0.2, -0.15) is 4.37 Å². The Bertz CT molecular complexity index is 349. The number of piperazine rings is 1. The molecule has 1 aromatic heterocycles. The van der Waals surface area contributed by atoms with E-state index in [1.54, 1.807) is 0 Å². The number of aryl methyl sites for hydroxylation is 1. The van der Waals surface area contributed by atoms with E-state index in [0.29, 0.717) is 0 Å². The van der Waals surface area contributed by atoms with Gasteiger partial charge in [0.1, 0.15) is 5.82 Å². The summed E-state index contributed by atoms with van der Waals surface area (Å²) in [6, 6.07) is 0. The molecule has 1 aliphatic heterocycles. The molecule has 1 aromatic rings. The molecule has 17 heavy (non-hydrogen) atoms. The summed E-state index contributed by atoms with van der Waals surface area (Å²) in [6.45, 7) is 8.68. The Hall–Kier alpha value is -0.720. The normalized spacial score (nSPS) is 19.6. The summed E-state index contributed by atoms with van der Waals surface area (Å²) >= 11 is 1.47. The number of hydrogen-bond donors (Lipinski definition) is 1. The molecule has 1 atom stereocenters. The second-order valence-electron chi connectivity index (χ2n) is 4.47. The molecule has 2 heterocycles. The van der Waals surface area contributed by atoms with Gasteiger partial charge in [-0.25, -0.2) is 4.98 Å². The summed E-state index contributed by atoms with van der Waals surface area (Å²) < 4.78 is 4.21. The molecule has 0 bridgehead atoms. The molecule has 0 spiro atoms. The second kappa shape index (κ2) is 5.75. The fourth-order valence-electron chi connectivity index (χ4n) is 1.96. The first-order valence-electron chi connectivity index (χ1n) is 6.14. The Balaban J connectivity index is 1.82. The molecule has 1 N–H and O–H groups in total. The van der Waals surface area contributed by atoms with Crippen LogP contribution in [0.3, 0.4) is 0 Å². The quantitative estimate of drug-likeness (QED) is 0.861. The molecule has 1 saturated heterocycles. The second-order valence-corrected chi connectivity index (χ2v) is 5.20. The summed E-state index contributed by atoms with van der Waals surface area (Å²) in [5.41, 5.74) is 0. The lowest BCUT2D eigenvalue weighted by molar-refractivity contribution is 0.106. The van der Waals surface area contributed by atoms with Gasteiger partial charge < -0.3 is 10.0 Å². The highest BCUT2D eigenvalue weighted by Gasteiger charge is 2.20. The molecule has 1 unspecified atom stereocenters. The molecule has 1 fully saturated rings. The number of rotatable bonds is 4. The van der Waals surface area contributed by atoms with E-state index < -0.39 is 0 Å². The third-order valence-electron chi connectivity index (χ3n) is 3.10. The molecule has 6 heteroatoms. The Labute approximate surface area is 106 Å². The van der Waals surface area contributed by atoms with Gasteiger partial charge in [0.05, 0.1) is 6.10 Å². The number of anilines is 1. The molecule has 5 nitrogen and oxygen atoms in total. The van der Waals surface area contributed by atoms with E-state index in [2.05, 4.69) is 19.2 Å². The smallest absolute Gasteiger partial charge is 0.205 e. The van der Waals surface area contributed by atoms with Crippen LogP contribution in [0.5, 0.6) is 0 Å². The van der Waals surface area contributed by atoms with Crippen molar-refractivity contribution in [3.63, 3.8) is 0 Å². The van der Waals surface area contributed by atoms with E-state index >= 15 is 0 Å². The van der Waals surface area contributed by atoms with E-state index in [1.165, 1.54) is 11.5 Å². The molecule has 0 aromatic carbocycles. The Morgan fingerprint density at radius 2 is 2.06 bits per heavy atom. The van der Waals surface area contributed by atoms with Crippen molar-refractivity contribution in [1.29, 1.82) is 0 Å². The topological polar surface area (TPSA) is 52.5 Å². The Morgan fingerprint density at radius 3 is 2.59 bits per heavy atom. The van der Waals surface area contributed by atoms with Crippen LogP contribution in [0, 0.1) is 6.92 Å². The summed E-state index contributed by atoms with van der Waals surface area (Å²) in [5, 5.41) is 10.6. The lowest BCUT2D eigenvalue weighted by Crippen LogP contribution is -2.48. The average molecular weight is 256 g/mol. The van der Waals surface area contributed by atoms with Crippen LogP contribution in [-0.4, -0.2) is 58.2 Å². The number of β-amino-alcohol motifs (C(OH)–C–C–N with tert-alkyl or cyclic N) is 1. The lowest BCUT2D eigenvalue weighted by Gasteiger charge is -2.35. The van der Waals surface area contributed by atoms with Crippen LogP contribution >= 0.6 is 11.5 Å². The van der Waals surface area contributed by atoms with Crippen molar-refractivity contribution in [3.05, 3.63) is 5.82 Å². The maximum absolute atomic E-state index is 9.62. The van der Waals surface area contributed by atoms with Crippen LogP contribution < -0.4 is 4.90 Å². The van der Waals surface area contributed by atoms with Gasteiger partial charge in [-0.3, -0.25) is 4.90 Å². The van der Waals surface area contributed by atoms with Crippen molar-refractivity contribution in [2.24, 2.45) is 0 Å². The number of aliphatic hydroxyl groups excluding tert-OH is 1. The molecule has 96 valence electrons. The zero-order chi connectivity index (χ0) is 12.3. The van der Waals surface area contributed by atoms with E-state index in [9.17, 15) is 5.11 Å². The highest BCUT2D eigenvalue weighted by atomic mass is 32.1. The zero-order valence-electron chi connectivity index (χ0n) is 10.5. The molecule has 0 radical (unpaired) electrons. The molecule has 2 rings (SSSR count). The number of hydrogen-bond acceptors (Lipinski definition) is 6. The van der Waals surface area contributed by atoms with Crippen molar-refractivity contribution < 1.29 is 5.11 Å². The summed E-state index contributed by atoms with van der Waals surface area (Å²) in [7, 11) is 0. The average Bonchev–Trinajstić information content (AvgIpc) is 2.77. The Morgan fingerprint density at radius 1 is 1.35 bits per heavy atom. The summed E-state index contributed by atoms with van der Waals surface area (Å²) in [6.07, 6.45) is 0.640. The molecular formula is C11H20N4OS. The van der Waals surface area contributed by atoms with Crippen LogP contribution in [0.2, 0.25) is 0 Å². The SMILES string of the molecule is CCC(O)CN1CCN(c2nc(C)ns2)CC1. The van der Waals surface area contributed by atoms with E-state index in [4.69, 9.17) is 0 Å². The number of aliphatic hydroxyl groups is 1. The zero-order valence-corrected chi connectivity index (χ0v) is 11.3. The molecule has 0 saturated carbocycles. The van der Waals surface area contributed by atoms with Crippen LogP contribution in [0.4, 0.5) is 5.13 Å². The highest BCUT2D eigenvalue weighted by Crippen LogP contribution is 2.18. The maximum atomic E-state index is 9.62. The van der Waals surface area contributed by atoms with E-state index in [1.807, 2.05) is 13.8 Å². The molecule has 0 aliphatic carbocycles. The fraction of sp³-hybridized carbons (Fsp3) is 0.818. The van der Waals surface area contributed by atoms with Crippen molar-refractivity contribution in [3.8, 4) is 0 Å². The van der Waals surface area contributed by atoms with Gasteiger partial charge in [-0.05, 0) is 13.3 Å². The van der Waals surface area contributed by atoms with Crippen molar-refractivity contribution in [2.75, 3.05) is 37.6 Å². The van der Waals surface area contributed by atoms with Gasteiger partial charge in [0.2, 0.25) is 5.13 Å². The lowest BCUT2D eigenvalue weighted by atomic mass is 10.2. The number of aromatic nitrogens is 2. The van der Waals surface area contributed by atoms with Gasteiger partial charge in [-0.1, -0.05) is 6.92 Å². The van der Waals surface area contributed by atoms with E-state index in [-0.39, 0.29) is 6.10 Å². The summed E-state index contributed by atoms with van der Waals surface area (Å²) in [4.78, 5) is 9.00. The van der Waals surface area contributed by atoms with Gasteiger partial charge in [-0.15, -0.1) is 0 Å². The Kier molecular flexibility index (Phi) is 4.31. The van der Waals surface area contributed by atoms with Crippen molar-refractivity contribution >= 4 is 16.7 Å². The fourth-order valence-corrected chi connectivity index (χ4v) is 2.69. The van der Waals surface area contributed by atoms with Crippen LogP contribution in [0.1, 0.15) is 19.2 Å². The summed E-state index contributed by atoms with van der Waals surface area (Å²) in [5.74, 6) is 0.855. The minimum atomic E-state index is -0.190.